The van der Waals surface area contributed by atoms with Crippen molar-refractivity contribution >= 4 is 28.6 Å². The highest BCUT2D eigenvalue weighted by Gasteiger charge is 2.45. The number of alkyl halides is 1. The van der Waals surface area contributed by atoms with Gasteiger partial charge < -0.3 is 9.47 Å². The Bertz CT molecular complexity index is 232. The molecule has 0 saturated carbocycles. The van der Waals surface area contributed by atoms with E-state index in [9.17, 15) is 4.79 Å². The molecule has 1 aliphatic rings. The monoisotopic (exact) mass is 327 g/mol. The molecule has 1 aliphatic heterocycles. The summed E-state index contributed by atoms with van der Waals surface area (Å²) in [6, 6.07) is 0. The van der Waals surface area contributed by atoms with E-state index in [0.717, 1.165) is 6.42 Å². The molecule has 15 heavy (non-hydrogen) atoms. The maximum absolute atomic E-state index is 11.0. The van der Waals surface area contributed by atoms with Crippen LogP contribution in [0.4, 0.5) is 0 Å². The number of carbonyl (C=O) groups is 1. The van der Waals surface area contributed by atoms with Crippen LogP contribution in [0.1, 0.15) is 34.1 Å². The molecule has 0 aromatic heterocycles. The zero-order valence-corrected chi connectivity index (χ0v) is 11.9. The minimum Gasteiger partial charge on any atom is -0.454 e. The molecule has 88 valence electrons. The summed E-state index contributed by atoms with van der Waals surface area (Å²) in [7, 11) is 0. The van der Waals surface area contributed by atoms with E-state index >= 15 is 0 Å². The number of halogens is 1. The van der Waals surface area contributed by atoms with Gasteiger partial charge in [0.25, 0.3) is 0 Å². The van der Waals surface area contributed by atoms with Crippen molar-refractivity contribution in [3.63, 3.8) is 0 Å². The lowest BCUT2D eigenvalue weighted by molar-refractivity contribution is -0.238. The molecule has 0 aromatic carbocycles. The van der Waals surface area contributed by atoms with Crippen LogP contribution in [-0.2, 0) is 9.53 Å². The highest BCUT2D eigenvalue weighted by Crippen LogP contribution is 2.32. The van der Waals surface area contributed by atoms with Gasteiger partial charge in [-0.3, -0.25) is 4.79 Å². The molecule has 0 aromatic rings. The molecule has 0 aliphatic carbocycles. The van der Waals surface area contributed by atoms with E-state index in [1.165, 1.54) is 6.92 Å². The molecule has 0 radical (unpaired) electrons. The van der Waals surface area contributed by atoms with Gasteiger partial charge in [-0.25, -0.2) is 0 Å². The molecule has 1 heterocycles. The molecule has 0 amide bonds. The zero-order chi connectivity index (χ0) is 11.6. The summed E-state index contributed by atoms with van der Waals surface area (Å²) >= 11 is 2.43. The molecule has 3 nitrogen and oxygen atoms in total. The van der Waals surface area contributed by atoms with Gasteiger partial charge in [-0.2, -0.15) is 0 Å². The van der Waals surface area contributed by atoms with Gasteiger partial charge in [0.15, 0.2) is 18.3 Å². The predicted octanol–water partition coefficient (Wildman–Crippen LogP) is 2.07. The molecular formula is C11H20IO3+. The topological polar surface area (TPSA) is 39.1 Å². The smallest absolute Gasteiger partial charge is 0.303 e. The van der Waals surface area contributed by atoms with Crippen LogP contribution in [0.2, 0.25) is 0 Å². The van der Waals surface area contributed by atoms with Crippen LogP contribution in [0.3, 0.4) is 0 Å². The first-order chi connectivity index (χ1) is 6.97. The fourth-order valence-electron chi connectivity index (χ4n) is 2.17. The predicted molar refractivity (Wildman–Crippen MR) is 68.3 cm³/mol. The van der Waals surface area contributed by atoms with Crippen LogP contribution in [0.25, 0.3) is 0 Å². The van der Waals surface area contributed by atoms with Crippen LogP contribution in [0.5, 0.6) is 0 Å². The average molecular weight is 327 g/mol. The fraction of sp³-hybridized carbons (Fsp3) is 0.909. The van der Waals surface area contributed by atoms with Crippen molar-refractivity contribution in [2.75, 3.05) is 0 Å². The maximum atomic E-state index is 11.0. The molecule has 4 heteroatoms. The Morgan fingerprint density at radius 3 is 2.53 bits per heavy atom. The lowest BCUT2D eigenvalue weighted by atomic mass is 9.90. The fourth-order valence-corrected chi connectivity index (χ4v) is 3.27. The van der Waals surface area contributed by atoms with Crippen molar-refractivity contribution in [3.05, 3.63) is 0 Å². The van der Waals surface area contributed by atoms with E-state index in [-0.39, 0.29) is 18.2 Å². The maximum Gasteiger partial charge on any atom is 0.303 e. The molecule has 5 unspecified atom stereocenters. The largest absolute Gasteiger partial charge is 0.454 e. The summed E-state index contributed by atoms with van der Waals surface area (Å²) in [6.07, 6.45) is 1.55. The van der Waals surface area contributed by atoms with E-state index in [4.69, 9.17) is 4.74 Å². The Kier molecular flexibility index (Phi) is 4.83. The average Bonchev–Trinajstić information content (AvgIpc) is 2.18. The van der Waals surface area contributed by atoms with E-state index in [1.807, 2.05) is 6.92 Å². The molecule has 0 bridgehead atoms. The molecular weight excluding hydrogens is 307 g/mol. The number of esters is 1. The summed E-state index contributed by atoms with van der Waals surface area (Å²) in [4.78, 5) is 11.0. The van der Waals surface area contributed by atoms with E-state index in [1.54, 1.807) is 0 Å². The van der Waals surface area contributed by atoms with E-state index in [2.05, 4.69) is 41.2 Å². The minimum absolute atomic E-state index is 0.0489. The molecule has 1 N–H and O–H groups in total. The lowest BCUT2D eigenvalue weighted by Gasteiger charge is -2.38. The summed E-state index contributed by atoms with van der Waals surface area (Å²) in [5, 5.41) is 0. The third-order valence-corrected chi connectivity index (χ3v) is 4.97. The highest BCUT2D eigenvalue weighted by molar-refractivity contribution is 14.1. The van der Waals surface area contributed by atoms with Crippen LogP contribution >= 0.6 is 22.6 Å². The lowest BCUT2D eigenvalue weighted by Crippen LogP contribution is -2.53. The number of ether oxygens (including phenoxy) is 2. The van der Waals surface area contributed by atoms with Crippen molar-refractivity contribution in [3.8, 4) is 0 Å². The van der Waals surface area contributed by atoms with Crippen LogP contribution in [0.15, 0.2) is 0 Å². The first-order valence-electron chi connectivity index (χ1n) is 5.48. The Hall–Kier alpha value is 0.160. The molecule has 1 saturated heterocycles. The van der Waals surface area contributed by atoms with Gasteiger partial charge in [0, 0.05) is 26.2 Å². The number of hydrogen-bond donors (Lipinski definition) is 0. The summed E-state index contributed by atoms with van der Waals surface area (Å²) in [6.45, 7) is 7.81. The Labute approximate surface area is 105 Å². The van der Waals surface area contributed by atoms with E-state index in [0.29, 0.717) is 15.9 Å². The van der Waals surface area contributed by atoms with Gasteiger partial charge in [-0.1, -0.05) is 36.4 Å². The third kappa shape index (κ3) is 3.06. The SMILES string of the molecule is CCC1[OH+]C(C)C(OC(C)=O)C(C)C1I. The van der Waals surface area contributed by atoms with Crippen molar-refractivity contribution in [2.24, 2.45) is 5.92 Å². The van der Waals surface area contributed by atoms with Crippen LogP contribution in [-0.4, -0.2) is 32.9 Å². The second kappa shape index (κ2) is 5.48. The first kappa shape index (κ1) is 13.2. The summed E-state index contributed by atoms with van der Waals surface area (Å²) in [5.41, 5.74) is 0. The number of aliphatic hydroxyl groups is 2. The number of hydrogen-bond acceptors (Lipinski definition) is 2. The number of rotatable bonds is 2. The van der Waals surface area contributed by atoms with Crippen LogP contribution < -0.4 is 0 Å². The summed E-state index contributed by atoms with van der Waals surface area (Å²) in [5.74, 6) is 0.180. The van der Waals surface area contributed by atoms with Gasteiger partial charge in [-0.05, 0) is 0 Å². The van der Waals surface area contributed by atoms with E-state index < -0.39 is 0 Å². The minimum atomic E-state index is -0.201. The zero-order valence-electron chi connectivity index (χ0n) is 9.74. The molecule has 1 rings (SSSR count). The van der Waals surface area contributed by atoms with Crippen LogP contribution in [0, 0.1) is 5.92 Å². The number of carbonyl (C=O) groups excluding carboxylic acids is 1. The summed E-state index contributed by atoms with van der Waals surface area (Å²) < 4.78 is 10.5. The van der Waals surface area contributed by atoms with Crippen molar-refractivity contribution in [1.82, 2.24) is 0 Å². The Balaban J connectivity index is 2.70. The van der Waals surface area contributed by atoms with Gasteiger partial charge in [-0.15, -0.1) is 0 Å². The molecule has 0 spiro atoms. The second-order valence-corrected chi connectivity index (χ2v) is 5.68. The van der Waals surface area contributed by atoms with Crippen molar-refractivity contribution < 1.29 is 14.3 Å². The normalized spacial score (nSPS) is 41.3. The third-order valence-electron chi connectivity index (χ3n) is 3.01. The van der Waals surface area contributed by atoms with Gasteiger partial charge >= 0.3 is 5.97 Å². The van der Waals surface area contributed by atoms with Gasteiger partial charge in [0.05, 0.1) is 3.92 Å². The highest BCUT2D eigenvalue weighted by atomic mass is 127. The molecule has 1 fully saturated rings. The second-order valence-electron chi connectivity index (χ2n) is 4.24. The van der Waals surface area contributed by atoms with Gasteiger partial charge in [0.1, 0.15) is 0 Å². The van der Waals surface area contributed by atoms with Gasteiger partial charge in [0.2, 0.25) is 0 Å². The standard InChI is InChI=1S/C11H19IO3/c1-5-9-10(12)6(2)11(7(3)14-9)15-8(4)13/h6-7,9-11H,5H2,1-4H3/p+1. The Morgan fingerprint density at radius 2 is 2.07 bits per heavy atom. The first-order valence-corrected chi connectivity index (χ1v) is 6.73. The molecule has 5 atom stereocenters. The quantitative estimate of drug-likeness (QED) is 0.337. The van der Waals surface area contributed by atoms with Crippen molar-refractivity contribution in [1.29, 1.82) is 0 Å². The van der Waals surface area contributed by atoms with Crippen molar-refractivity contribution in [2.45, 2.75) is 56.4 Å². The Morgan fingerprint density at radius 1 is 1.47 bits per heavy atom.